The highest BCUT2D eigenvalue weighted by molar-refractivity contribution is 5.95. The summed E-state index contributed by atoms with van der Waals surface area (Å²) in [6.07, 6.45) is 0. The number of rotatable bonds is 4. The van der Waals surface area contributed by atoms with Gasteiger partial charge in [0.05, 0.1) is 6.54 Å². The van der Waals surface area contributed by atoms with Crippen molar-refractivity contribution >= 4 is 10.8 Å². The molecule has 5 heteroatoms. The predicted molar refractivity (Wildman–Crippen MR) is 79.2 cm³/mol. The lowest BCUT2D eigenvalue weighted by Crippen LogP contribution is -2.21. The molecule has 4 nitrogen and oxygen atoms in total. The van der Waals surface area contributed by atoms with Crippen LogP contribution in [0, 0.1) is 5.82 Å². The Morgan fingerprint density at radius 1 is 1.14 bits per heavy atom. The summed E-state index contributed by atoms with van der Waals surface area (Å²) in [6.45, 7) is 4.61. The maximum absolute atomic E-state index is 13.8. The first kappa shape index (κ1) is 13.7. The molecule has 3 aromatic rings. The van der Waals surface area contributed by atoms with Gasteiger partial charge in [-0.05, 0) is 17.5 Å². The van der Waals surface area contributed by atoms with Crippen LogP contribution in [-0.2, 0) is 6.54 Å². The van der Waals surface area contributed by atoms with Gasteiger partial charge in [-0.25, -0.2) is 4.39 Å². The van der Waals surface area contributed by atoms with Crippen LogP contribution in [0.15, 0.2) is 40.9 Å². The molecule has 0 spiro atoms. The third-order valence-electron chi connectivity index (χ3n) is 3.24. The molecule has 0 unspecified atom stereocenters. The van der Waals surface area contributed by atoms with Crippen molar-refractivity contribution in [3.05, 3.63) is 48.1 Å². The standard InChI is InChI=1S/C16H16FN3O/c1-10(2)18-9-15-19-16(20-21-15)13-7-8-14(17)12-6-4-3-5-11(12)13/h3-8,10,18H,9H2,1-2H3. The molecule has 0 bridgehead atoms. The molecule has 0 aliphatic rings. The van der Waals surface area contributed by atoms with Crippen LogP contribution in [0.3, 0.4) is 0 Å². The fraction of sp³-hybridized carbons (Fsp3) is 0.250. The van der Waals surface area contributed by atoms with Gasteiger partial charge in [-0.15, -0.1) is 0 Å². The highest BCUT2D eigenvalue weighted by Gasteiger charge is 2.13. The van der Waals surface area contributed by atoms with E-state index in [-0.39, 0.29) is 5.82 Å². The van der Waals surface area contributed by atoms with Gasteiger partial charge in [0.15, 0.2) is 0 Å². The minimum Gasteiger partial charge on any atom is -0.338 e. The predicted octanol–water partition coefficient (Wildman–Crippen LogP) is 3.53. The van der Waals surface area contributed by atoms with E-state index in [0.717, 1.165) is 10.9 Å². The number of fused-ring (bicyclic) bond motifs is 1. The van der Waals surface area contributed by atoms with E-state index >= 15 is 0 Å². The van der Waals surface area contributed by atoms with Crippen LogP contribution in [0.25, 0.3) is 22.2 Å². The van der Waals surface area contributed by atoms with E-state index in [1.165, 1.54) is 6.07 Å². The van der Waals surface area contributed by atoms with E-state index in [9.17, 15) is 4.39 Å². The second-order valence-electron chi connectivity index (χ2n) is 5.19. The summed E-state index contributed by atoms with van der Waals surface area (Å²) in [5, 5.41) is 8.55. The molecule has 0 saturated carbocycles. The summed E-state index contributed by atoms with van der Waals surface area (Å²) in [4.78, 5) is 4.37. The van der Waals surface area contributed by atoms with E-state index in [0.29, 0.717) is 29.7 Å². The molecule has 0 aliphatic carbocycles. The number of hydrogen-bond acceptors (Lipinski definition) is 4. The van der Waals surface area contributed by atoms with Crippen LogP contribution in [0.4, 0.5) is 4.39 Å². The summed E-state index contributed by atoms with van der Waals surface area (Å²) in [6, 6.07) is 10.7. The van der Waals surface area contributed by atoms with Crippen LogP contribution in [-0.4, -0.2) is 16.2 Å². The van der Waals surface area contributed by atoms with Gasteiger partial charge in [-0.3, -0.25) is 0 Å². The fourth-order valence-corrected chi connectivity index (χ4v) is 2.18. The Hall–Kier alpha value is -2.27. The number of hydrogen-bond donors (Lipinski definition) is 1. The topological polar surface area (TPSA) is 51.0 Å². The van der Waals surface area contributed by atoms with Gasteiger partial charge < -0.3 is 9.84 Å². The van der Waals surface area contributed by atoms with Crippen LogP contribution < -0.4 is 5.32 Å². The Morgan fingerprint density at radius 2 is 1.90 bits per heavy atom. The minimum absolute atomic E-state index is 0.250. The zero-order chi connectivity index (χ0) is 14.8. The molecule has 108 valence electrons. The Kier molecular flexibility index (Phi) is 3.66. The molecule has 1 heterocycles. The molecule has 3 rings (SSSR count). The molecule has 0 fully saturated rings. The average Bonchev–Trinajstić information content (AvgIpc) is 2.94. The van der Waals surface area contributed by atoms with E-state index < -0.39 is 0 Å². The lowest BCUT2D eigenvalue weighted by atomic mass is 10.0. The van der Waals surface area contributed by atoms with Crippen molar-refractivity contribution < 1.29 is 8.91 Å². The first-order valence-electron chi connectivity index (χ1n) is 6.89. The van der Waals surface area contributed by atoms with Crippen molar-refractivity contribution in [1.82, 2.24) is 15.5 Å². The smallest absolute Gasteiger partial charge is 0.240 e. The lowest BCUT2D eigenvalue weighted by molar-refractivity contribution is 0.362. The van der Waals surface area contributed by atoms with Crippen molar-refractivity contribution in [1.29, 1.82) is 0 Å². The second-order valence-corrected chi connectivity index (χ2v) is 5.19. The van der Waals surface area contributed by atoms with Gasteiger partial charge in [0.25, 0.3) is 0 Å². The molecular formula is C16H16FN3O. The van der Waals surface area contributed by atoms with Gasteiger partial charge in [-0.1, -0.05) is 43.3 Å². The quantitative estimate of drug-likeness (QED) is 0.796. The number of aromatic nitrogens is 2. The number of benzene rings is 2. The molecule has 0 amide bonds. The summed E-state index contributed by atoms with van der Waals surface area (Å²) >= 11 is 0. The Labute approximate surface area is 122 Å². The Balaban J connectivity index is 1.99. The van der Waals surface area contributed by atoms with Crippen LogP contribution in [0.5, 0.6) is 0 Å². The van der Waals surface area contributed by atoms with E-state index in [1.54, 1.807) is 12.1 Å². The van der Waals surface area contributed by atoms with Crippen molar-refractivity contribution in [2.24, 2.45) is 0 Å². The van der Waals surface area contributed by atoms with Crippen LogP contribution >= 0.6 is 0 Å². The Morgan fingerprint density at radius 3 is 2.67 bits per heavy atom. The zero-order valence-corrected chi connectivity index (χ0v) is 11.9. The van der Waals surface area contributed by atoms with E-state index in [2.05, 4.69) is 15.5 Å². The van der Waals surface area contributed by atoms with Gasteiger partial charge in [0.2, 0.25) is 11.7 Å². The first-order valence-corrected chi connectivity index (χ1v) is 6.89. The van der Waals surface area contributed by atoms with Crippen molar-refractivity contribution in [3.8, 4) is 11.4 Å². The van der Waals surface area contributed by atoms with Gasteiger partial charge in [-0.2, -0.15) is 4.98 Å². The molecule has 0 atom stereocenters. The molecule has 1 aromatic heterocycles. The van der Waals surface area contributed by atoms with Gasteiger partial charge in [0, 0.05) is 17.0 Å². The third kappa shape index (κ3) is 2.78. The maximum Gasteiger partial charge on any atom is 0.240 e. The molecule has 21 heavy (non-hydrogen) atoms. The van der Waals surface area contributed by atoms with E-state index in [1.807, 2.05) is 32.0 Å². The zero-order valence-electron chi connectivity index (χ0n) is 11.9. The average molecular weight is 285 g/mol. The molecule has 2 aromatic carbocycles. The monoisotopic (exact) mass is 285 g/mol. The van der Waals surface area contributed by atoms with Crippen LogP contribution in [0.1, 0.15) is 19.7 Å². The molecule has 0 radical (unpaired) electrons. The van der Waals surface area contributed by atoms with Crippen molar-refractivity contribution in [3.63, 3.8) is 0 Å². The summed E-state index contributed by atoms with van der Waals surface area (Å²) in [5.74, 6) is 0.749. The molecular weight excluding hydrogens is 269 g/mol. The molecule has 1 N–H and O–H groups in total. The normalized spacial score (nSPS) is 11.4. The van der Waals surface area contributed by atoms with Gasteiger partial charge >= 0.3 is 0 Å². The van der Waals surface area contributed by atoms with Gasteiger partial charge in [0.1, 0.15) is 5.82 Å². The lowest BCUT2D eigenvalue weighted by Gasteiger charge is -2.04. The minimum atomic E-state index is -0.250. The van der Waals surface area contributed by atoms with E-state index in [4.69, 9.17) is 4.52 Å². The number of halogens is 1. The third-order valence-corrected chi connectivity index (χ3v) is 3.24. The summed E-state index contributed by atoms with van der Waals surface area (Å²) in [7, 11) is 0. The highest BCUT2D eigenvalue weighted by Crippen LogP contribution is 2.28. The highest BCUT2D eigenvalue weighted by atomic mass is 19.1. The first-order chi connectivity index (χ1) is 10.1. The van der Waals surface area contributed by atoms with Crippen LogP contribution in [0.2, 0.25) is 0 Å². The van der Waals surface area contributed by atoms with Crippen molar-refractivity contribution in [2.75, 3.05) is 0 Å². The largest absolute Gasteiger partial charge is 0.338 e. The maximum atomic E-state index is 13.8. The second kappa shape index (κ2) is 5.61. The summed E-state index contributed by atoms with van der Waals surface area (Å²) in [5.41, 5.74) is 0.770. The number of nitrogens with zero attached hydrogens (tertiary/aromatic N) is 2. The Bertz CT molecular complexity index is 767. The fourth-order valence-electron chi connectivity index (χ4n) is 2.18. The summed E-state index contributed by atoms with van der Waals surface area (Å²) < 4.78 is 19.1. The SMILES string of the molecule is CC(C)NCc1nc(-c2ccc(F)c3ccccc23)no1. The molecule has 0 aliphatic heterocycles. The van der Waals surface area contributed by atoms with Crippen molar-refractivity contribution in [2.45, 2.75) is 26.4 Å². The number of nitrogens with one attached hydrogen (secondary N) is 1. The molecule has 0 saturated heterocycles.